The summed E-state index contributed by atoms with van der Waals surface area (Å²) in [7, 11) is -3.73. The summed E-state index contributed by atoms with van der Waals surface area (Å²) in [6, 6.07) is 1.30. The minimum atomic E-state index is -3.73. The lowest BCUT2D eigenvalue weighted by Crippen LogP contribution is -2.45. The number of hydrogen-bond donors (Lipinski definition) is 2. The molecular weight excluding hydrogens is 300 g/mol. The van der Waals surface area contributed by atoms with Gasteiger partial charge in [-0.25, -0.2) is 8.42 Å². The highest BCUT2D eigenvalue weighted by atomic mass is 32.2. The summed E-state index contributed by atoms with van der Waals surface area (Å²) >= 11 is 0. The predicted molar refractivity (Wildman–Crippen MR) is 86.4 cm³/mol. The third-order valence-corrected chi connectivity index (χ3v) is 6.14. The van der Waals surface area contributed by atoms with Crippen molar-refractivity contribution in [1.29, 1.82) is 0 Å². The van der Waals surface area contributed by atoms with E-state index in [2.05, 4.69) is 10.0 Å². The van der Waals surface area contributed by atoms with Crippen LogP contribution in [0.4, 0.5) is 0 Å². The SMILES string of the molecule is Cc1cc(C)c(C)c(S(=O)(=O)N[C@H]2CCCCNC2=O)c1C. The summed E-state index contributed by atoms with van der Waals surface area (Å²) in [5.41, 5.74) is 3.36. The van der Waals surface area contributed by atoms with E-state index >= 15 is 0 Å². The largest absolute Gasteiger partial charge is 0.355 e. The molecule has 0 aromatic heterocycles. The van der Waals surface area contributed by atoms with Crippen LogP contribution < -0.4 is 10.0 Å². The van der Waals surface area contributed by atoms with Gasteiger partial charge in [0.25, 0.3) is 0 Å². The van der Waals surface area contributed by atoms with Crippen molar-refractivity contribution in [2.24, 2.45) is 0 Å². The van der Waals surface area contributed by atoms with Gasteiger partial charge in [-0.15, -0.1) is 0 Å². The van der Waals surface area contributed by atoms with Crippen molar-refractivity contribution in [2.75, 3.05) is 6.54 Å². The van der Waals surface area contributed by atoms with Crippen molar-refractivity contribution in [3.63, 3.8) is 0 Å². The fraction of sp³-hybridized carbons (Fsp3) is 0.562. The maximum Gasteiger partial charge on any atom is 0.241 e. The summed E-state index contributed by atoms with van der Waals surface area (Å²) in [6.07, 6.45) is 2.25. The minimum absolute atomic E-state index is 0.235. The van der Waals surface area contributed by atoms with E-state index in [4.69, 9.17) is 0 Å². The second-order valence-corrected chi connectivity index (χ2v) is 7.70. The average molecular weight is 324 g/mol. The van der Waals surface area contributed by atoms with Crippen LogP contribution in [0.25, 0.3) is 0 Å². The second kappa shape index (κ2) is 6.38. The van der Waals surface area contributed by atoms with E-state index in [-0.39, 0.29) is 5.91 Å². The molecule has 122 valence electrons. The molecule has 0 saturated carbocycles. The molecule has 2 rings (SSSR count). The van der Waals surface area contributed by atoms with Crippen LogP contribution in [0.15, 0.2) is 11.0 Å². The smallest absolute Gasteiger partial charge is 0.241 e. The van der Waals surface area contributed by atoms with Gasteiger partial charge in [-0.05, 0) is 69.2 Å². The Bertz CT molecular complexity index is 670. The summed E-state index contributed by atoms with van der Waals surface area (Å²) in [5, 5.41) is 2.75. The lowest BCUT2D eigenvalue weighted by atomic mass is 10.0. The number of amides is 1. The Balaban J connectivity index is 2.41. The molecule has 1 heterocycles. The van der Waals surface area contributed by atoms with Gasteiger partial charge in [0, 0.05) is 6.54 Å². The van der Waals surface area contributed by atoms with Gasteiger partial charge >= 0.3 is 0 Å². The molecule has 22 heavy (non-hydrogen) atoms. The number of aryl methyl sites for hydroxylation is 2. The quantitative estimate of drug-likeness (QED) is 0.891. The van der Waals surface area contributed by atoms with E-state index in [0.717, 1.165) is 35.1 Å². The molecule has 1 aliphatic heterocycles. The Kier molecular flexibility index (Phi) is 4.92. The first-order chi connectivity index (χ1) is 10.2. The number of carbonyl (C=O) groups excluding carboxylic acids is 1. The number of nitrogens with one attached hydrogen (secondary N) is 2. The molecule has 1 aromatic carbocycles. The van der Waals surface area contributed by atoms with Crippen molar-refractivity contribution in [1.82, 2.24) is 10.0 Å². The number of rotatable bonds is 3. The van der Waals surface area contributed by atoms with E-state index in [1.54, 1.807) is 0 Å². The number of hydrogen-bond acceptors (Lipinski definition) is 3. The maximum absolute atomic E-state index is 12.8. The van der Waals surface area contributed by atoms with Crippen LogP contribution in [-0.2, 0) is 14.8 Å². The topological polar surface area (TPSA) is 75.3 Å². The Morgan fingerprint density at radius 3 is 2.27 bits per heavy atom. The van der Waals surface area contributed by atoms with Crippen LogP contribution in [0.2, 0.25) is 0 Å². The highest BCUT2D eigenvalue weighted by molar-refractivity contribution is 7.89. The first-order valence-corrected chi connectivity index (χ1v) is 9.10. The van der Waals surface area contributed by atoms with Crippen LogP contribution in [0, 0.1) is 27.7 Å². The Labute approximate surface area is 132 Å². The highest BCUT2D eigenvalue weighted by Crippen LogP contribution is 2.26. The maximum atomic E-state index is 12.8. The molecule has 0 bridgehead atoms. The first kappa shape index (κ1) is 17.0. The van der Waals surface area contributed by atoms with Crippen LogP contribution in [0.3, 0.4) is 0 Å². The van der Waals surface area contributed by atoms with Gasteiger partial charge in [0.2, 0.25) is 15.9 Å². The van der Waals surface area contributed by atoms with Crippen LogP contribution in [-0.4, -0.2) is 26.9 Å². The zero-order valence-electron chi connectivity index (χ0n) is 13.6. The van der Waals surface area contributed by atoms with E-state index in [1.807, 2.05) is 33.8 Å². The molecule has 1 saturated heterocycles. The Morgan fingerprint density at radius 1 is 1.09 bits per heavy atom. The molecule has 0 aliphatic carbocycles. The lowest BCUT2D eigenvalue weighted by Gasteiger charge is -2.20. The summed E-state index contributed by atoms with van der Waals surface area (Å²) < 4.78 is 28.2. The van der Waals surface area contributed by atoms with E-state index < -0.39 is 16.1 Å². The number of sulfonamides is 1. The molecule has 1 aliphatic rings. The average Bonchev–Trinajstić information content (AvgIpc) is 2.61. The molecule has 1 fully saturated rings. The molecule has 2 N–H and O–H groups in total. The zero-order chi connectivity index (χ0) is 16.5. The monoisotopic (exact) mass is 324 g/mol. The van der Waals surface area contributed by atoms with Crippen molar-refractivity contribution in [3.8, 4) is 0 Å². The molecule has 0 unspecified atom stereocenters. The fourth-order valence-electron chi connectivity index (χ4n) is 2.88. The van der Waals surface area contributed by atoms with Gasteiger partial charge < -0.3 is 5.32 Å². The summed E-state index contributed by atoms with van der Waals surface area (Å²) in [4.78, 5) is 12.3. The molecular formula is C16H24N2O3S. The third kappa shape index (κ3) is 3.33. The highest BCUT2D eigenvalue weighted by Gasteiger charge is 2.29. The number of benzene rings is 1. The molecule has 1 atom stereocenters. The van der Waals surface area contributed by atoms with Gasteiger partial charge in [0.15, 0.2) is 0 Å². The molecule has 5 nitrogen and oxygen atoms in total. The normalized spacial score (nSPS) is 19.6. The van der Waals surface area contributed by atoms with Gasteiger partial charge in [-0.1, -0.05) is 6.07 Å². The second-order valence-electron chi connectivity index (χ2n) is 6.05. The summed E-state index contributed by atoms with van der Waals surface area (Å²) in [5.74, 6) is -0.235. The molecule has 1 aromatic rings. The van der Waals surface area contributed by atoms with Gasteiger partial charge in [-0.2, -0.15) is 4.72 Å². The predicted octanol–water partition coefficient (Wildman–Crippen LogP) is 1.87. The molecule has 0 spiro atoms. The van der Waals surface area contributed by atoms with E-state index in [1.165, 1.54) is 0 Å². The number of carbonyl (C=O) groups is 1. The van der Waals surface area contributed by atoms with Crippen molar-refractivity contribution in [3.05, 3.63) is 28.3 Å². The van der Waals surface area contributed by atoms with E-state index in [9.17, 15) is 13.2 Å². The van der Waals surface area contributed by atoms with E-state index in [0.29, 0.717) is 17.9 Å². The first-order valence-electron chi connectivity index (χ1n) is 7.61. The lowest BCUT2D eigenvalue weighted by molar-refractivity contribution is -0.122. The minimum Gasteiger partial charge on any atom is -0.355 e. The van der Waals surface area contributed by atoms with Crippen LogP contribution >= 0.6 is 0 Å². The fourth-order valence-corrected chi connectivity index (χ4v) is 4.73. The zero-order valence-corrected chi connectivity index (χ0v) is 14.4. The van der Waals surface area contributed by atoms with Crippen molar-refractivity contribution < 1.29 is 13.2 Å². The summed E-state index contributed by atoms with van der Waals surface area (Å²) in [6.45, 7) is 8.03. The van der Waals surface area contributed by atoms with Gasteiger partial charge in [-0.3, -0.25) is 4.79 Å². The van der Waals surface area contributed by atoms with Crippen molar-refractivity contribution in [2.45, 2.75) is 57.9 Å². The molecule has 6 heteroatoms. The molecule has 1 amide bonds. The van der Waals surface area contributed by atoms with Gasteiger partial charge in [0.05, 0.1) is 4.90 Å². The Morgan fingerprint density at radius 2 is 1.68 bits per heavy atom. The van der Waals surface area contributed by atoms with Gasteiger partial charge in [0.1, 0.15) is 6.04 Å². The Hall–Kier alpha value is -1.40. The molecule has 0 radical (unpaired) electrons. The van der Waals surface area contributed by atoms with Crippen molar-refractivity contribution >= 4 is 15.9 Å². The van der Waals surface area contributed by atoms with Crippen LogP contribution in [0.1, 0.15) is 41.5 Å². The third-order valence-electron chi connectivity index (χ3n) is 4.40. The van der Waals surface area contributed by atoms with Crippen LogP contribution in [0.5, 0.6) is 0 Å². The standard InChI is InChI=1S/C16H24N2O3S/c1-10-9-11(2)13(4)15(12(10)3)22(20,21)18-14-7-5-6-8-17-16(14)19/h9,14,18H,5-8H2,1-4H3,(H,17,19)/t14-/m0/s1.